The zero-order chi connectivity index (χ0) is 18.1. The third-order valence-corrected chi connectivity index (χ3v) is 4.42. The molecule has 128 valence electrons. The van der Waals surface area contributed by atoms with E-state index in [4.69, 9.17) is 0 Å². The van der Waals surface area contributed by atoms with E-state index in [1.165, 1.54) is 6.20 Å². The molecule has 0 fully saturated rings. The number of aryl methyl sites for hydroxylation is 1. The molecule has 0 atom stereocenters. The van der Waals surface area contributed by atoms with Gasteiger partial charge in [-0.05, 0) is 46.6 Å². The van der Waals surface area contributed by atoms with Crippen molar-refractivity contribution in [1.29, 1.82) is 0 Å². The lowest BCUT2D eigenvalue weighted by Gasteiger charge is -2.10. The zero-order valence-corrected chi connectivity index (χ0v) is 15.4. The van der Waals surface area contributed by atoms with E-state index < -0.39 is 0 Å². The van der Waals surface area contributed by atoms with Crippen molar-refractivity contribution in [3.8, 4) is 11.3 Å². The fraction of sp³-hybridized carbons (Fsp3) is 0.0526. The number of hydrogen-bond donors (Lipinski definition) is 1. The molecule has 3 heterocycles. The van der Waals surface area contributed by atoms with Crippen LogP contribution in [-0.4, -0.2) is 25.3 Å². The molecular formula is C19H14BrN5O. The molecule has 1 amide bonds. The lowest BCUT2D eigenvalue weighted by molar-refractivity contribution is 0.102. The van der Waals surface area contributed by atoms with Gasteiger partial charge in [0.15, 0.2) is 0 Å². The van der Waals surface area contributed by atoms with Crippen LogP contribution in [0.3, 0.4) is 0 Å². The summed E-state index contributed by atoms with van der Waals surface area (Å²) < 4.78 is 2.62. The molecule has 0 spiro atoms. The smallest absolute Gasteiger partial charge is 0.257 e. The summed E-state index contributed by atoms with van der Waals surface area (Å²) in [5.41, 5.74) is 3.89. The molecule has 0 aliphatic heterocycles. The number of rotatable bonds is 3. The van der Waals surface area contributed by atoms with Gasteiger partial charge in [0.1, 0.15) is 0 Å². The van der Waals surface area contributed by atoms with E-state index in [0.29, 0.717) is 11.3 Å². The summed E-state index contributed by atoms with van der Waals surface area (Å²) in [5.74, 6) is 0.421. The molecule has 4 aromatic rings. The van der Waals surface area contributed by atoms with Crippen LogP contribution in [-0.2, 0) is 0 Å². The van der Waals surface area contributed by atoms with Crippen molar-refractivity contribution in [2.45, 2.75) is 6.92 Å². The largest absolute Gasteiger partial charge is 0.322 e. The third kappa shape index (κ3) is 3.21. The first kappa shape index (κ1) is 16.4. The Bertz CT molecular complexity index is 1090. The fourth-order valence-electron chi connectivity index (χ4n) is 2.62. The molecule has 4 rings (SSSR count). The predicted molar refractivity (Wildman–Crippen MR) is 103 cm³/mol. The molecule has 7 heteroatoms. The van der Waals surface area contributed by atoms with Crippen LogP contribution in [0.25, 0.3) is 17.0 Å². The van der Waals surface area contributed by atoms with Gasteiger partial charge in [-0.15, -0.1) is 0 Å². The normalized spacial score (nSPS) is 10.8. The topological polar surface area (TPSA) is 72.2 Å². The molecule has 0 radical (unpaired) electrons. The van der Waals surface area contributed by atoms with Crippen molar-refractivity contribution in [3.63, 3.8) is 0 Å². The van der Waals surface area contributed by atoms with Gasteiger partial charge in [0, 0.05) is 46.7 Å². The molecule has 6 nitrogen and oxygen atoms in total. The molecular weight excluding hydrogens is 394 g/mol. The Balaban J connectivity index is 1.67. The van der Waals surface area contributed by atoms with Crippen molar-refractivity contribution in [2.75, 3.05) is 5.32 Å². The average molecular weight is 408 g/mol. The van der Waals surface area contributed by atoms with E-state index in [9.17, 15) is 4.79 Å². The molecule has 3 aromatic heterocycles. The van der Waals surface area contributed by atoms with Gasteiger partial charge in [0.2, 0.25) is 5.78 Å². The number of amides is 1. The Morgan fingerprint density at radius 1 is 1.23 bits per heavy atom. The number of imidazole rings is 1. The minimum absolute atomic E-state index is 0.212. The number of carbonyl (C=O) groups is 1. The van der Waals surface area contributed by atoms with Crippen LogP contribution in [0.2, 0.25) is 0 Å². The van der Waals surface area contributed by atoms with Crippen LogP contribution in [0.5, 0.6) is 0 Å². The van der Waals surface area contributed by atoms with E-state index in [1.807, 2.05) is 48.0 Å². The number of halogens is 1. The Morgan fingerprint density at radius 3 is 2.92 bits per heavy atom. The number of benzene rings is 1. The standard InChI is InChI=1S/C19H14BrN5O/c1-12-3-4-13(17-11-25-6-2-5-22-19(25)24-17)8-16(12)23-18(26)14-7-15(20)10-21-9-14/h2-11H,1H3,(H,23,26). The second kappa shape index (κ2) is 6.68. The summed E-state index contributed by atoms with van der Waals surface area (Å²) in [5, 5.41) is 2.95. The minimum Gasteiger partial charge on any atom is -0.322 e. The van der Waals surface area contributed by atoms with Crippen LogP contribution in [0, 0.1) is 6.92 Å². The number of pyridine rings is 1. The van der Waals surface area contributed by atoms with Crippen molar-refractivity contribution in [1.82, 2.24) is 19.4 Å². The highest BCUT2D eigenvalue weighted by molar-refractivity contribution is 9.10. The maximum Gasteiger partial charge on any atom is 0.257 e. The summed E-state index contributed by atoms with van der Waals surface area (Å²) in [6.45, 7) is 1.95. The molecule has 0 saturated heterocycles. The molecule has 0 saturated carbocycles. The highest BCUT2D eigenvalue weighted by atomic mass is 79.9. The van der Waals surface area contributed by atoms with Gasteiger partial charge >= 0.3 is 0 Å². The third-order valence-electron chi connectivity index (χ3n) is 3.98. The number of anilines is 1. The first-order chi connectivity index (χ1) is 12.6. The van der Waals surface area contributed by atoms with E-state index >= 15 is 0 Å². The van der Waals surface area contributed by atoms with Gasteiger partial charge in [0.25, 0.3) is 5.91 Å². The SMILES string of the molecule is Cc1ccc(-c2cn3cccnc3n2)cc1NC(=O)c1cncc(Br)c1. The number of nitrogens with zero attached hydrogens (tertiary/aromatic N) is 4. The van der Waals surface area contributed by atoms with Gasteiger partial charge in [-0.3, -0.25) is 14.2 Å². The molecule has 0 aliphatic rings. The first-order valence-corrected chi connectivity index (χ1v) is 8.72. The van der Waals surface area contributed by atoms with Crippen LogP contribution in [0.4, 0.5) is 5.69 Å². The number of carbonyl (C=O) groups excluding carboxylic acids is 1. The maximum absolute atomic E-state index is 12.5. The van der Waals surface area contributed by atoms with E-state index in [2.05, 4.69) is 36.2 Å². The number of fused-ring (bicyclic) bond motifs is 1. The van der Waals surface area contributed by atoms with Crippen molar-refractivity contribution >= 4 is 33.3 Å². The van der Waals surface area contributed by atoms with Crippen LogP contribution in [0.1, 0.15) is 15.9 Å². The Hall–Kier alpha value is -3.06. The predicted octanol–water partition coefficient (Wildman–Crippen LogP) is 4.11. The summed E-state index contributed by atoms with van der Waals surface area (Å²) in [7, 11) is 0. The lowest BCUT2D eigenvalue weighted by Crippen LogP contribution is -2.13. The lowest BCUT2D eigenvalue weighted by atomic mass is 10.1. The van der Waals surface area contributed by atoms with Gasteiger partial charge < -0.3 is 5.32 Å². The van der Waals surface area contributed by atoms with E-state index in [1.54, 1.807) is 18.5 Å². The second-order valence-electron chi connectivity index (χ2n) is 5.83. The fourth-order valence-corrected chi connectivity index (χ4v) is 2.98. The van der Waals surface area contributed by atoms with Gasteiger partial charge in [-0.25, -0.2) is 9.97 Å². The van der Waals surface area contributed by atoms with E-state index in [-0.39, 0.29) is 5.91 Å². The molecule has 1 N–H and O–H groups in total. The number of aromatic nitrogens is 4. The van der Waals surface area contributed by atoms with Gasteiger partial charge in [0.05, 0.1) is 11.3 Å². The van der Waals surface area contributed by atoms with Crippen molar-refractivity contribution < 1.29 is 4.79 Å². The quantitative estimate of drug-likeness (QED) is 0.554. The Kier molecular flexibility index (Phi) is 4.22. The van der Waals surface area contributed by atoms with Gasteiger partial charge in [-0.2, -0.15) is 0 Å². The summed E-state index contributed by atoms with van der Waals surface area (Å²) in [4.78, 5) is 25.3. The zero-order valence-electron chi connectivity index (χ0n) is 13.8. The molecule has 0 bridgehead atoms. The highest BCUT2D eigenvalue weighted by Crippen LogP contribution is 2.25. The molecule has 0 aliphatic carbocycles. The molecule has 0 unspecified atom stereocenters. The van der Waals surface area contributed by atoms with Crippen LogP contribution in [0.15, 0.2) is 65.8 Å². The van der Waals surface area contributed by atoms with Crippen LogP contribution >= 0.6 is 15.9 Å². The van der Waals surface area contributed by atoms with E-state index in [0.717, 1.165) is 27.0 Å². The Morgan fingerprint density at radius 2 is 2.12 bits per heavy atom. The number of hydrogen-bond acceptors (Lipinski definition) is 4. The first-order valence-electron chi connectivity index (χ1n) is 7.93. The summed E-state index contributed by atoms with van der Waals surface area (Å²) in [6.07, 6.45) is 8.69. The van der Waals surface area contributed by atoms with Crippen LogP contribution < -0.4 is 5.32 Å². The highest BCUT2D eigenvalue weighted by Gasteiger charge is 2.11. The maximum atomic E-state index is 12.5. The van der Waals surface area contributed by atoms with Crippen molar-refractivity contribution in [2.24, 2.45) is 0 Å². The summed E-state index contributed by atoms with van der Waals surface area (Å²) in [6, 6.07) is 9.44. The monoisotopic (exact) mass is 407 g/mol. The molecule has 26 heavy (non-hydrogen) atoms. The minimum atomic E-state index is -0.212. The van der Waals surface area contributed by atoms with Gasteiger partial charge in [-0.1, -0.05) is 12.1 Å². The summed E-state index contributed by atoms with van der Waals surface area (Å²) >= 11 is 3.33. The average Bonchev–Trinajstić information content (AvgIpc) is 3.07. The molecule has 1 aromatic carbocycles. The number of nitrogens with one attached hydrogen (secondary N) is 1. The Labute approximate surface area is 158 Å². The second-order valence-corrected chi connectivity index (χ2v) is 6.74. The van der Waals surface area contributed by atoms with Crippen molar-refractivity contribution in [3.05, 3.63) is 76.9 Å².